The van der Waals surface area contributed by atoms with E-state index >= 15 is 0 Å². The van der Waals surface area contributed by atoms with E-state index in [4.69, 9.17) is 0 Å². The molecule has 0 bridgehead atoms. The molecule has 1 fully saturated rings. The number of carbonyl (C=O) groups excluding carboxylic acids is 2. The molecule has 3 heterocycles. The van der Waals surface area contributed by atoms with E-state index in [-0.39, 0.29) is 24.2 Å². The summed E-state index contributed by atoms with van der Waals surface area (Å²) in [4.78, 5) is 30.4. The van der Waals surface area contributed by atoms with Crippen molar-refractivity contribution in [3.05, 3.63) is 66.6 Å². The highest BCUT2D eigenvalue weighted by molar-refractivity contribution is 5.89. The van der Waals surface area contributed by atoms with Gasteiger partial charge in [-0.3, -0.25) is 14.6 Å². The first-order valence-corrected chi connectivity index (χ1v) is 9.19. The average molecular weight is 362 g/mol. The SMILES string of the molecule is O=C(NCCn1ccc2ccccc21)[C@@H]1CC(=O)N(Cc2ccncc2)C1. The second kappa shape index (κ2) is 7.61. The van der Waals surface area contributed by atoms with Crippen LogP contribution in [-0.4, -0.2) is 39.4 Å². The summed E-state index contributed by atoms with van der Waals surface area (Å²) in [6, 6.07) is 14.0. The number of rotatable bonds is 6. The van der Waals surface area contributed by atoms with Crippen LogP contribution in [0, 0.1) is 5.92 Å². The first kappa shape index (κ1) is 17.3. The van der Waals surface area contributed by atoms with Crippen molar-refractivity contribution in [2.75, 3.05) is 13.1 Å². The van der Waals surface area contributed by atoms with Crippen molar-refractivity contribution >= 4 is 22.7 Å². The Bertz CT molecular complexity index is 951. The molecule has 4 rings (SSSR count). The molecule has 3 aromatic rings. The van der Waals surface area contributed by atoms with Crippen LogP contribution in [0.3, 0.4) is 0 Å². The van der Waals surface area contributed by atoms with Crippen LogP contribution in [0.1, 0.15) is 12.0 Å². The predicted octanol–water partition coefficient (Wildman–Crippen LogP) is 2.20. The monoisotopic (exact) mass is 362 g/mol. The number of nitrogens with one attached hydrogen (secondary N) is 1. The van der Waals surface area contributed by atoms with Crippen LogP contribution in [0.5, 0.6) is 0 Å². The van der Waals surface area contributed by atoms with Gasteiger partial charge in [0.2, 0.25) is 11.8 Å². The second-order valence-electron chi connectivity index (χ2n) is 6.89. The number of pyridine rings is 1. The number of hydrogen-bond acceptors (Lipinski definition) is 3. The van der Waals surface area contributed by atoms with Crippen LogP contribution in [0.2, 0.25) is 0 Å². The van der Waals surface area contributed by atoms with Gasteiger partial charge >= 0.3 is 0 Å². The molecule has 0 saturated carbocycles. The number of carbonyl (C=O) groups is 2. The summed E-state index contributed by atoms with van der Waals surface area (Å²) in [7, 11) is 0. The Kier molecular flexibility index (Phi) is 4.87. The number of likely N-dealkylation sites (tertiary alicyclic amines) is 1. The van der Waals surface area contributed by atoms with Gasteiger partial charge < -0.3 is 14.8 Å². The number of fused-ring (bicyclic) bond motifs is 1. The quantitative estimate of drug-likeness (QED) is 0.731. The molecule has 6 nitrogen and oxygen atoms in total. The number of amides is 2. The minimum atomic E-state index is -0.277. The molecular weight excluding hydrogens is 340 g/mol. The van der Waals surface area contributed by atoms with Crippen molar-refractivity contribution in [2.45, 2.75) is 19.5 Å². The fraction of sp³-hybridized carbons (Fsp3) is 0.286. The van der Waals surface area contributed by atoms with E-state index < -0.39 is 0 Å². The molecule has 0 aliphatic carbocycles. The van der Waals surface area contributed by atoms with Crippen LogP contribution >= 0.6 is 0 Å². The summed E-state index contributed by atoms with van der Waals surface area (Å²) >= 11 is 0. The summed E-state index contributed by atoms with van der Waals surface area (Å²) in [6.45, 7) is 2.26. The second-order valence-corrected chi connectivity index (χ2v) is 6.89. The van der Waals surface area contributed by atoms with Crippen LogP contribution in [0.25, 0.3) is 10.9 Å². The van der Waals surface area contributed by atoms with Gasteiger partial charge in [0, 0.05) is 56.7 Å². The molecule has 0 radical (unpaired) electrons. The van der Waals surface area contributed by atoms with Crippen LogP contribution in [0.15, 0.2) is 61.1 Å². The largest absolute Gasteiger partial charge is 0.354 e. The lowest BCUT2D eigenvalue weighted by molar-refractivity contribution is -0.129. The third-order valence-corrected chi connectivity index (χ3v) is 5.04. The molecule has 1 atom stereocenters. The van der Waals surface area contributed by atoms with Gasteiger partial charge in [-0.15, -0.1) is 0 Å². The van der Waals surface area contributed by atoms with Crippen molar-refractivity contribution in [1.29, 1.82) is 0 Å². The van der Waals surface area contributed by atoms with E-state index in [0.717, 1.165) is 11.1 Å². The first-order valence-electron chi connectivity index (χ1n) is 9.19. The Morgan fingerprint density at radius 2 is 1.96 bits per heavy atom. The number of para-hydroxylation sites is 1. The lowest BCUT2D eigenvalue weighted by atomic mass is 10.1. The molecule has 1 aliphatic heterocycles. The lowest BCUT2D eigenvalue weighted by Crippen LogP contribution is -2.34. The Morgan fingerprint density at radius 1 is 1.15 bits per heavy atom. The fourth-order valence-electron chi connectivity index (χ4n) is 3.59. The molecule has 2 amide bonds. The molecule has 1 saturated heterocycles. The third-order valence-electron chi connectivity index (χ3n) is 5.04. The zero-order valence-electron chi connectivity index (χ0n) is 15.0. The van der Waals surface area contributed by atoms with Gasteiger partial charge in [0.05, 0.1) is 5.92 Å². The lowest BCUT2D eigenvalue weighted by Gasteiger charge is -2.16. The maximum atomic E-state index is 12.5. The van der Waals surface area contributed by atoms with Crippen molar-refractivity contribution in [3.8, 4) is 0 Å². The molecule has 138 valence electrons. The van der Waals surface area contributed by atoms with Gasteiger partial charge in [-0.1, -0.05) is 18.2 Å². The van der Waals surface area contributed by atoms with Crippen LogP contribution < -0.4 is 5.32 Å². The molecule has 0 spiro atoms. The maximum absolute atomic E-state index is 12.5. The predicted molar refractivity (Wildman–Crippen MR) is 103 cm³/mol. The highest BCUT2D eigenvalue weighted by Crippen LogP contribution is 2.20. The maximum Gasteiger partial charge on any atom is 0.225 e. The smallest absolute Gasteiger partial charge is 0.225 e. The van der Waals surface area contributed by atoms with Gasteiger partial charge in [0.25, 0.3) is 0 Å². The molecule has 1 N–H and O–H groups in total. The third kappa shape index (κ3) is 3.84. The Morgan fingerprint density at radius 3 is 2.81 bits per heavy atom. The molecule has 0 unspecified atom stereocenters. The van der Waals surface area contributed by atoms with Gasteiger partial charge in [-0.25, -0.2) is 0 Å². The molecule has 1 aromatic carbocycles. The standard InChI is InChI=1S/C21H22N4O2/c26-20-13-18(15-25(20)14-16-5-8-22-9-6-16)21(27)23-10-12-24-11-7-17-3-1-2-4-19(17)24/h1-9,11,18H,10,12-15H2,(H,23,27)/t18-/m1/s1. The number of benzene rings is 1. The highest BCUT2D eigenvalue weighted by Gasteiger charge is 2.33. The Balaban J connectivity index is 1.29. The van der Waals surface area contributed by atoms with Gasteiger partial charge in [-0.2, -0.15) is 0 Å². The summed E-state index contributed by atoms with van der Waals surface area (Å²) in [5.74, 6) is -0.291. The van der Waals surface area contributed by atoms with Crippen LogP contribution in [0.4, 0.5) is 0 Å². The molecule has 6 heteroatoms. The van der Waals surface area contributed by atoms with Gasteiger partial charge in [-0.05, 0) is 35.2 Å². The van der Waals surface area contributed by atoms with Gasteiger partial charge in [0.1, 0.15) is 0 Å². The Hall–Kier alpha value is -3.15. The zero-order chi connectivity index (χ0) is 18.6. The van der Waals surface area contributed by atoms with E-state index in [1.165, 1.54) is 5.39 Å². The van der Waals surface area contributed by atoms with E-state index in [2.05, 4.69) is 33.1 Å². The minimum absolute atomic E-state index is 0.0309. The van der Waals surface area contributed by atoms with E-state index in [0.29, 0.717) is 26.2 Å². The summed E-state index contributed by atoms with van der Waals surface area (Å²) < 4.78 is 2.13. The summed E-state index contributed by atoms with van der Waals surface area (Å²) in [5.41, 5.74) is 2.19. The molecular formula is C21H22N4O2. The summed E-state index contributed by atoms with van der Waals surface area (Å²) in [5, 5.41) is 4.18. The van der Waals surface area contributed by atoms with Crippen molar-refractivity contribution < 1.29 is 9.59 Å². The van der Waals surface area contributed by atoms with E-state index in [1.54, 1.807) is 17.3 Å². The highest BCUT2D eigenvalue weighted by atomic mass is 16.2. The topological polar surface area (TPSA) is 67.2 Å². The van der Waals surface area contributed by atoms with E-state index in [1.807, 2.05) is 30.5 Å². The number of aromatic nitrogens is 2. The van der Waals surface area contributed by atoms with Crippen molar-refractivity contribution in [1.82, 2.24) is 19.8 Å². The minimum Gasteiger partial charge on any atom is -0.354 e. The van der Waals surface area contributed by atoms with Crippen molar-refractivity contribution in [3.63, 3.8) is 0 Å². The number of nitrogens with zero attached hydrogens (tertiary/aromatic N) is 3. The normalized spacial score (nSPS) is 16.8. The van der Waals surface area contributed by atoms with Gasteiger partial charge in [0.15, 0.2) is 0 Å². The number of hydrogen-bond donors (Lipinski definition) is 1. The first-order chi connectivity index (χ1) is 13.2. The molecule has 27 heavy (non-hydrogen) atoms. The van der Waals surface area contributed by atoms with Crippen LogP contribution in [-0.2, 0) is 22.7 Å². The average Bonchev–Trinajstić information content (AvgIpc) is 3.27. The fourth-order valence-corrected chi connectivity index (χ4v) is 3.59. The van der Waals surface area contributed by atoms with Crippen molar-refractivity contribution in [2.24, 2.45) is 5.92 Å². The van der Waals surface area contributed by atoms with E-state index in [9.17, 15) is 9.59 Å². The zero-order valence-corrected chi connectivity index (χ0v) is 15.0. The summed E-state index contributed by atoms with van der Waals surface area (Å²) in [6.07, 6.45) is 5.74. The molecule has 2 aromatic heterocycles. The Labute approximate surface area is 157 Å². The molecule has 1 aliphatic rings.